The normalized spacial score (nSPS) is 13.4. The van der Waals surface area contributed by atoms with Crippen LogP contribution in [0.5, 0.6) is 5.75 Å². The standard InChI is InChI=1S/C17H19N3O5/c1-10(21)16(18)17(24)20-13-9-11(4-6-14(13)22)19-15(23)7-5-12-3-2-8-25-12/h2-10,16,21-22H,18H2,1H3,(H,19,23)(H,20,24)/b7-5+/t10-,16+/m1/s1. The van der Waals surface area contributed by atoms with Crippen LogP contribution in [-0.4, -0.2) is 34.2 Å². The van der Waals surface area contributed by atoms with Gasteiger partial charge in [-0.15, -0.1) is 0 Å². The maximum absolute atomic E-state index is 11.9. The molecule has 1 aromatic heterocycles. The third-order valence-electron chi connectivity index (χ3n) is 3.29. The fourth-order valence-corrected chi connectivity index (χ4v) is 1.88. The predicted octanol–water partition coefficient (Wildman–Crippen LogP) is 1.28. The molecular weight excluding hydrogens is 326 g/mol. The van der Waals surface area contributed by atoms with Crippen LogP contribution in [-0.2, 0) is 9.59 Å². The average molecular weight is 345 g/mol. The highest BCUT2D eigenvalue weighted by molar-refractivity contribution is 6.03. The van der Waals surface area contributed by atoms with E-state index in [0.717, 1.165) is 0 Å². The van der Waals surface area contributed by atoms with Gasteiger partial charge in [-0.2, -0.15) is 0 Å². The zero-order chi connectivity index (χ0) is 18.4. The topological polar surface area (TPSA) is 138 Å². The van der Waals surface area contributed by atoms with Gasteiger partial charge in [0.2, 0.25) is 11.8 Å². The Bertz CT molecular complexity index is 769. The lowest BCUT2D eigenvalue weighted by Crippen LogP contribution is -2.43. The summed E-state index contributed by atoms with van der Waals surface area (Å²) < 4.78 is 5.07. The molecule has 132 valence electrons. The number of aliphatic hydroxyl groups excluding tert-OH is 1. The summed E-state index contributed by atoms with van der Waals surface area (Å²) >= 11 is 0. The van der Waals surface area contributed by atoms with Gasteiger partial charge in [0.25, 0.3) is 0 Å². The van der Waals surface area contributed by atoms with E-state index in [1.807, 2.05) is 0 Å². The first-order valence-corrected chi connectivity index (χ1v) is 7.47. The first-order valence-electron chi connectivity index (χ1n) is 7.47. The molecule has 0 fully saturated rings. The number of amides is 2. The minimum atomic E-state index is -1.14. The van der Waals surface area contributed by atoms with E-state index < -0.39 is 24.0 Å². The first-order chi connectivity index (χ1) is 11.9. The molecule has 0 saturated carbocycles. The van der Waals surface area contributed by atoms with Crippen molar-refractivity contribution < 1.29 is 24.2 Å². The van der Waals surface area contributed by atoms with Crippen LogP contribution in [0.4, 0.5) is 11.4 Å². The van der Waals surface area contributed by atoms with Crippen LogP contribution < -0.4 is 16.4 Å². The fraction of sp³-hybridized carbons (Fsp3) is 0.176. The maximum Gasteiger partial charge on any atom is 0.248 e. The molecule has 0 unspecified atom stereocenters. The zero-order valence-corrected chi connectivity index (χ0v) is 13.5. The molecular formula is C17H19N3O5. The van der Waals surface area contributed by atoms with Gasteiger partial charge >= 0.3 is 0 Å². The molecule has 2 aromatic rings. The third-order valence-corrected chi connectivity index (χ3v) is 3.29. The van der Waals surface area contributed by atoms with E-state index in [1.54, 1.807) is 12.1 Å². The lowest BCUT2D eigenvalue weighted by molar-refractivity contribution is -0.119. The summed E-state index contributed by atoms with van der Waals surface area (Å²) in [5.41, 5.74) is 5.95. The number of carbonyl (C=O) groups is 2. The molecule has 0 saturated heterocycles. The van der Waals surface area contributed by atoms with Crippen molar-refractivity contribution in [2.45, 2.75) is 19.1 Å². The third kappa shape index (κ3) is 5.20. The Morgan fingerprint density at radius 1 is 1.28 bits per heavy atom. The lowest BCUT2D eigenvalue weighted by atomic mass is 10.1. The van der Waals surface area contributed by atoms with E-state index >= 15 is 0 Å². The van der Waals surface area contributed by atoms with Gasteiger partial charge < -0.3 is 31.0 Å². The van der Waals surface area contributed by atoms with Crippen LogP contribution in [0.15, 0.2) is 47.1 Å². The summed E-state index contributed by atoms with van der Waals surface area (Å²) in [6.07, 6.45) is 3.23. The molecule has 2 rings (SSSR count). The highest BCUT2D eigenvalue weighted by Gasteiger charge is 2.20. The molecule has 2 amide bonds. The van der Waals surface area contributed by atoms with Crippen molar-refractivity contribution in [3.8, 4) is 5.75 Å². The van der Waals surface area contributed by atoms with E-state index in [2.05, 4.69) is 10.6 Å². The SMILES string of the molecule is C[C@@H](O)[C@H](N)C(=O)Nc1cc(NC(=O)/C=C/c2ccco2)ccc1O. The van der Waals surface area contributed by atoms with Crippen molar-refractivity contribution in [3.05, 3.63) is 48.4 Å². The zero-order valence-electron chi connectivity index (χ0n) is 13.5. The van der Waals surface area contributed by atoms with Crippen molar-refractivity contribution in [2.24, 2.45) is 5.73 Å². The second-order valence-electron chi connectivity index (χ2n) is 5.33. The Labute approximate surface area is 143 Å². The summed E-state index contributed by atoms with van der Waals surface area (Å²) in [5, 5.41) is 24.1. The van der Waals surface area contributed by atoms with Gasteiger partial charge in [-0.1, -0.05) is 0 Å². The van der Waals surface area contributed by atoms with E-state index in [9.17, 15) is 19.8 Å². The summed E-state index contributed by atoms with van der Waals surface area (Å²) in [6, 6.07) is 6.41. The second kappa shape index (κ2) is 8.13. The van der Waals surface area contributed by atoms with Crippen LogP contribution >= 0.6 is 0 Å². The number of rotatable bonds is 6. The van der Waals surface area contributed by atoms with E-state index in [1.165, 1.54) is 43.5 Å². The van der Waals surface area contributed by atoms with Gasteiger partial charge in [-0.25, -0.2) is 0 Å². The number of phenolic OH excluding ortho intramolecular Hbond substituents is 1. The molecule has 2 atom stereocenters. The Kier molecular flexibility index (Phi) is 5.93. The molecule has 0 bridgehead atoms. The molecule has 8 nitrogen and oxygen atoms in total. The van der Waals surface area contributed by atoms with Gasteiger partial charge in [-0.05, 0) is 43.3 Å². The molecule has 0 aliphatic carbocycles. The highest BCUT2D eigenvalue weighted by atomic mass is 16.3. The van der Waals surface area contributed by atoms with Crippen LogP contribution in [0.1, 0.15) is 12.7 Å². The van der Waals surface area contributed by atoms with E-state index in [4.69, 9.17) is 10.2 Å². The number of anilines is 2. The van der Waals surface area contributed by atoms with Gasteiger partial charge in [0.1, 0.15) is 17.6 Å². The summed E-state index contributed by atoms with van der Waals surface area (Å²) in [6.45, 7) is 1.38. The fourth-order valence-electron chi connectivity index (χ4n) is 1.88. The molecule has 6 N–H and O–H groups in total. The molecule has 1 heterocycles. The number of benzene rings is 1. The minimum absolute atomic E-state index is 0.0638. The molecule has 0 radical (unpaired) electrons. The molecule has 25 heavy (non-hydrogen) atoms. The lowest BCUT2D eigenvalue weighted by Gasteiger charge is -2.15. The first kappa shape index (κ1) is 18.2. The number of aromatic hydroxyl groups is 1. The molecule has 1 aromatic carbocycles. The van der Waals surface area contributed by atoms with Gasteiger partial charge in [0, 0.05) is 11.8 Å². The number of nitrogens with two attached hydrogens (primary N) is 1. The predicted molar refractivity (Wildman–Crippen MR) is 92.8 cm³/mol. The van der Waals surface area contributed by atoms with Crippen molar-refractivity contribution in [3.63, 3.8) is 0 Å². The smallest absolute Gasteiger partial charge is 0.248 e. The minimum Gasteiger partial charge on any atom is -0.506 e. The van der Waals surface area contributed by atoms with Gasteiger partial charge in [-0.3, -0.25) is 9.59 Å². The largest absolute Gasteiger partial charge is 0.506 e. The van der Waals surface area contributed by atoms with Crippen LogP contribution in [0.2, 0.25) is 0 Å². The number of aliphatic hydroxyl groups is 1. The Hall–Kier alpha value is -3.10. The van der Waals surface area contributed by atoms with Crippen LogP contribution in [0, 0.1) is 0 Å². The number of phenols is 1. The number of hydrogen-bond donors (Lipinski definition) is 5. The van der Waals surface area contributed by atoms with E-state index in [-0.39, 0.29) is 11.4 Å². The van der Waals surface area contributed by atoms with Crippen molar-refractivity contribution in [1.82, 2.24) is 0 Å². The molecule has 0 aliphatic heterocycles. The number of carbonyl (C=O) groups excluding carboxylic acids is 2. The van der Waals surface area contributed by atoms with Gasteiger partial charge in [0.05, 0.1) is 18.1 Å². The van der Waals surface area contributed by atoms with Crippen LogP contribution in [0.25, 0.3) is 6.08 Å². The Morgan fingerprint density at radius 3 is 2.68 bits per heavy atom. The number of hydrogen-bond acceptors (Lipinski definition) is 6. The summed E-state index contributed by atoms with van der Waals surface area (Å²) in [5.74, 6) is -0.747. The maximum atomic E-state index is 11.9. The number of furan rings is 1. The Balaban J connectivity index is 2.05. The second-order valence-corrected chi connectivity index (χ2v) is 5.33. The van der Waals surface area contributed by atoms with Crippen molar-refractivity contribution in [2.75, 3.05) is 10.6 Å². The Morgan fingerprint density at radius 2 is 2.04 bits per heavy atom. The van der Waals surface area contributed by atoms with Crippen LogP contribution in [0.3, 0.4) is 0 Å². The monoisotopic (exact) mass is 345 g/mol. The summed E-state index contributed by atoms with van der Waals surface area (Å²) in [7, 11) is 0. The molecule has 0 aliphatic rings. The quantitative estimate of drug-likeness (QED) is 0.304. The summed E-state index contributed by atoms with van der Waals surface area (Å²) in [4.78, 5) is 23.7. The van der Waals surface area contributed by atoms with Crippen molar-refractivity contribution in [1.29, 1.82) is 0 Å². The number of nitrogens with one attached hydrogen (secondary N) is 2. The average Bonchev–Trinajstić information content (AvgIpc) is 3.08. The van der Waals surface area contributed by atoms with Gasteiger partial charge in [0.15, 0.2) is 0 Å². The molecule has 8 heteroatoms. The van der Waals surface area contributed by atoms with Crippen molar-refractivity contribution >= 4 is 29.3 Å². The molecule has 0 spiro atoms. The van der Waals surface area contributed by atoms with E-state index in [0.29, 0.717) is 11.4 Å². The highest BCUT2D eigenvalue weighted by Crippen LogP contribution is 2.27.